The molecule has 2 rings (SSSR count). The smallest absolute Gasteiger partial charge is 0.252 e. The average molecular weight is 316 g/mol. The fourth-order valence-electron chi connectivity index (χ4n) is 2.81. The van der Waals surface area contributed by atoms with Crippen LogP contribution in [-0.2, 0) is 16.4 Å². The molecular formula is C14H24N2O2S2. The van der Waals surface area contributed by atoms with Crippen LogP contribution < -0.4 is 5.32 Å². The lowest BCUT2D eigenvalue weighted by Crippen LogP contribution is -2.38. The van der Waals surface area contributed by atoms with Crippen molar-refractivity contribution in [3.05, 3.63) is 17.0 Å². The van der Waals surface area contributed by atoms with Gasteiger partial charge in [0.05, 0.1) is 0 Å². The maximum absolute atomic E-state index is 12.8. The van der Waals surface area contributed by atoms with E-state index in [1.54, 1.807) is 10.4 Å². The van der Waals surface area contributed by atoms with Crippen LogP contribution in [0.15, 0.2) is 16.3 Å². The molecule has 6 heteroatoms. The van der Waals surface area contributed by atoms with Crippen LogP contribution in [0.1, 0.15) is 37.5 Å². The summed E-state index contributed by atoms with van der Waals surface area (Å²) in [6, 6.07) is 3.91. The quantitative estimate of drug-likeness (QED) is 0.840. The highest BCUT2D eigenvalue weighted by Crippen LogP contribution is 2.31. The number of likely N-dealkylation sites (N-methyl/N-ethyl adjacent to an activating group) is 1. The van der Waals surface area contributed by atoms with Gasteiger partial charge in [-0.2, -0.15) is 4.31 Å². The number of nitrogens with zero attached hydrogens (tertiary/aromatic N) is 1. The highest BCUT2D eigenvalue weighted by Gasteiger charge is 2.32. The predicted octanol–water partition coefficient (Wildman–Crippen LogP) is 2.46. The normalized spacial score (nSPS) is 17.1. The number of rotatable bonds is 7. The average Bonchev–Trinajstić information content (AvgIpc) is 3.08. The zero-order chi connectivity index (χ0) is 14.6. The van der Waals surface area contributed by atoms with E-state index in [0.29, 0.717) is 10.8 Å². The predicted molar refractivity (Wildman–Crippen MR) is 83.8 cm³/mol. The number of sulfonamides is 1. The van der Waals surface area contributed by atoms with Crippen LogP contribution in [0.25, 0.3) is 0 Å². The summed E-state index contributed by atoms with van der Waals surface area (Å²) >= 11 is 1.41. The second-order valence-electron chi connectivity index (χ2n) is 5.22. The third kappa shape index (κ3) is 3.42. The summed E-state index contributed by atoms with van der Waals surface area (Å²) in [4.78, 5) is 1.13. The Hall–Kier alpha value is -0.430. The molecule has 1 saturated carbocycles. The molecule has 0 aromatic carbocycles. The first kappa shape index (κ1) is 15.9. The van der Waals surface area contributed by atoms with Gasteiger partial charge in [-0.05, 0) is 45.0 Å². The number of thiophene rings is 1. The van der Waals surface area contributed by atoms with Gasteiger partial charge in [-0.15, -0.1) is 11.3 Å². The summed E-state index contributed by atoms with van der Waals surface area (Å²) in [5.74, 6) is 0. The Morgan fingerprint density at radius 3 is 2.65 bits per heavy atom. The van der Waals surface area contributed by atoms with Crippen LogP contribution >= 0.6 is 11.3 Å². The molecule has 1 aromatic rings. The molecule has 1 aliphatic rings. The second kappa shape index (κ2) is 7.02. The Bertz CT molecular complexity index is 519. The van der Waals surface area contributed by atoms with E-state index in [-0.39, 0.29) is 6.04 Å². The van der Waals surface area contributed by atoms with Gasteiger partial charge >= 0.3 is 0 Å². The van der Waals surface area contributed by atoms with Gasteiger partial charge in [0.2, 0.25) is 0 Å². The summed E-state index contributed by atoms with van der Waals surface area (Å²) in [7, 11) is -1.40. The van der Waals surface area contributed by atoms with E-state index in [1.807, 2.05) is 20.0 Å². The van der Waals surface area contributed by atoms with Gasteiger partial charge in [0, 0.05) is 17.5 Å². The molecule has 1 aliphatic carbocycles. The van der Waals surface area contributed by atoms with Crippen molar-refractivity contribution in [1.82, 2.24) is 9.62 Å². The fraction of sp³-hybridized carbons (Fsp3) is 0.714. The van der Waals surface area contributed by atoms with Crippen molar-refractivity contribution in [2.45, 2.75) is 49.3 Å². The van der Waals surface area contributed by atoms with Crippen LogP contribution in [0.3, 0.4) is 0 Å². The van der Waals surface area contributed by atoms with E-state index in [9.17, 15) is 8.42 Å². The van der Waals surface area contributed by atoms with Crippen molar-refractivity contribution < 1.29 is 8.42 Å². The highest BCUT2D eigenvalue weighted by atomic mass is 32.2. The molecule has 0 saturated heterocycles. The molecule has 1 heterocycles. The van der Waals surface area contributed by atoms with Gasteiger partial charge in [-0.25, -0.2) is 8.42 Å². The van der Waals surface area contributed by atoms with Gasteiger partial charge in [0.25, 0.3) is 10.0 Å². The molecule has 1 aromatic heterocycles. The first-order valence-electron chi connectivity index (χ1n) is 7.34. The largest absolute Gasteiger partial charge is 0.319 e. The second-order valence-corrected chi connectivity index (χ2v) is 8.51. The molecule has 4 nitrogen and oxygen atoms in total. The van der Waals surface area contributed by atoms with Gasteiger partial charge in [-0.3, -0.25) is 0 Å². The lowest BCUT2D eigenvalue weighted by Gasteiger charge is -2.25. The Labute approximate surface area is 126 Å². The van der Waals surface area contributed by atoms with Gasteiger partial charge < -0.3 is 5.32 Å². The maximum atomic E-state index is 12.8. The molecule has 0 spiro atoms. The first-order chi connectivity index (χ1) is 9.59. The molecule has 20 heavy (non-hydrogen) atoms. The number of nitrogens with one attached hydrogen (secondary N) is 1. The summed E-state index contributed by atoms with van der Waals surface area (Å²) in [6.07, 6.45) is 5.19. The van der Waals surface area contributed by atoms with Crippen molar-refractivity contribution in [2.75, 3.05) is 20.1 Å². The first-order valence-corrected chi connectivity index (χ1v) is 9.60. The summed E-state index contributed by atoms with van der Waals surface area (Å²) in [5, 5.41) is 3.09. The molecule has 0 bridgehead atoms. The third-order valence-electron chi connectivity index (χ3n) is 3.87. The minimum atomic E-state index is -3.31. The molecule has 1 N–H and O–H groups in total. The monoisotopic (exact) mass is 316 g/mol. The minimum Gasteiger partial charge on any atom is -0.319 e. The molecule has 0 radical (unpaired) electrons. The SMILES string of the molecule is CCN(C1CCCC1)S(=O)(=O)c1ccc(CCNC)s1. The number of hydrogen-bond donors (Lipinski definition) is 1. The van der Waals surface area contributed by atoms with Crippen molar-refractivity contribution >= 4 is 21.4 Å². The van der Waals surface area contributed by atoms with E-state index in [2.05, 4.69) is 5.32 Å². The highest BCUT2D eigenvalue weighted by molar-refractivity contribution is 7.91. The van der Waals surface area contributed by atoms with Crippen LogP contribution in [0.4, 0.5) is 0 Å². The molecule has 0 unspecified atom stereocenters. The molecule has 0 amide bonds. The maximum Gasteiger partial charge on any atom is 0.252 e. The van der Waals surface area contributed by atoms with Crippen LogP contribution in [0.2, 0.25) is 0 Å². The topological polar surface area (TPSA) is 49.4 Å². The summed E-state index contributed by atoms with van der Waals surface area (Å²) in [6.45, 7) is 3.38. The molecule has 0 atom stereocenters. The molecule has 114 valence electrons. The van der Waals surface area contributed by atoms with Crippen molar-refractivity contribution in [2.24, 2.45) is 0 Å². The Kier molecular flexibility index (Phi) is 5.60. The van der Waals surface area contributed by atoms with Crippen molar-refractivity contribution in [1.29, 1.82) is 0 Å². The molecular weight excluding hydrogens is 292 g/mol. The van der Waals surface area contributed by atoms with Gasteiger partial charge in [0.15, 0.2) is 0 Å². The van der Waals surface area contributed by atoms with E-state index >= 15 is 0 Å². The van der Waals surface area contributed by atoms with Crippen LogP contribution in [0.5, 0.6) is 0 Å². The lowest BCUT2D eigenvalue weighted by atomic mass is 10.2. The van der Waals surface area contributed by atoms with E-state index in [1.165, 1.54) is 11.3 Å². The minimum absolute atomic E-state index is 0.202. The summed E-state index contributed by atoms with van der Waals surface area (Å²) < 4.78 is 27.7. The van der Waals surface area contributed by atoms with E-state index < -0.39 is 10.0 Å². The Balaban J connectivity index is 2.17. The van der Waals surface area contributed by atoms with Gasteiger partial charge in [-0.1, -0.05) is 19.8 Å². The van der Waals surface area contributed by atoms with Crippen molar-refractivity contribution in [3.8, 4) is 0 Å². The molecule has 1 fully saturated rings. The zero-order valence-electron chi connectivity index (χ0n) is 12.3. The van der Waals surface area contributed by atoms with Crippen molar-refractivity contribution in [3.63, 3.8) is 0 Å². The van der Waals surface area contributed by atoms with Crippen LogP contribution in [-0.4, -0.2) is 38.9 Å². The Morgan fingerprint density at radius 1 is 1.35 bits per heavy atom. The zero-order valence-corrected chi connectivity index (χ0v) is 13.9. The summed E-state index contributed by atoms with van der Waals surface area (Å²) in [5.41, 5.74) is 0. The number of hydrogen-bond acceptors (Lipinski definition) is 4. The lowest BCUT2D eigenvalue weighted by molar-refractivity contribution is 0.336. The molecule has 0 aliphatic heterocycles. The van der Waals surface area contributed by atoms with E-state index in [0.717, 1.165) is 43.5 Å². The fourth-order valence-corrected chi connectivity index (χ4v) is 5.99. The Morgan fingerprint density at radius 2 is 2.05 bits per heavy atom. The third-order valence-corrected chi connectivity index (χ3v) is 7.50. The standard InChI is InChI=1S/C14H24N2O2S2/c1-3-16(12-6-4-5-7-12)20(17,18)14-9-8-13(19-14)10-11-15-2/h8-9,12,15H,3-7,10-11H2,1-2H3. The van der Waals surface area contributed by atoms with Crippen LogP contribution in [0, 0.1) is 0 Å². The van der Waals surface area contributed by atoms with Gasteiger partial charge in [0.1, 0.15) is 4.21 Å². The van der Waals surface area contributed by atoms with E-state index in [4.69, 9.17) is 0 Å².